The fraction of sp³-hybridized carbons (Fsp3) is 0.138. The lowest BCUT2D eigenvalue weighted by atomic mass is 9.93. The molecule has 0 saturated heterocycles. The summed E-state index contributed by atoms with van der Waals surface area (Å²) in [7, 11) is 1.61. The molecule has 0 bridgehead atoms. The molecule has 36 heavy (non-hydrogen) atoms. The molecule has 5 rings (SSSR count). The van der Waals surface area contributed by atoms with Crippen molar-refractivity contribution in [3.05, 3.63) is 127 Å². The van der Waals surface area contributed by atoms with Crippen LogP contribution in [0.25, 0.3) is 11.8 Å². The van der Waals surface area contributed by atoms with Gasteiger partial charge in [0.05, 0.1) is 35.6 Å². The van der Waals surface area contributed by atoms with Gasteiger partial charge >= 0.3 is 5.97 Å². The molecule has 3 aromatic carbocycles. The van der Waals surface area contributed by atoms with E-state index in [4.69, 9.17) is 14.5 Å². The number of rotatable bonds is 6. The number of carbonyl (C=O) groups excluding carboxylic acids is 1. The first-order valence-corrected chi connectivity index (χ1v) is 12.4. The maximum absolute atomic E-state index is 13.8. The second-order valence-corrected chi connectivity index (χ2v) is 9.12. The van der Waals surface area contributed by atoms with Crippen molar-refractivity contribution < 1.29 is 14.3 Å². The van der Waals surface area contributed by atoms with Gasteiger partial charge in [-0.25, -0.2) is 9.79 Å². The van der Waals surface area contributed by atoms with E-state index in [0.29, 0.717) is 20.6 Å². The first-order chi connectivity index (χ1) is 17.6. The predicted octanol–water partition coefficient (Wildman–Crippen LogP) is 3.94. The second kappa shape index (κ2) is 10.2. The van der Waals surface area contributed by atoms with Crippen molar-refractivity contribution in [3.8, 4) is 5.75 Å². The number of methoxy groups -OCH3 is 1. The minimum Gasteiger partial charge on any atom is -0.497 e. The molecule has 0 spiro atoms. The van der Waals surface area contributed by atoms with Gasteiger partial charge in [-0.3, -0.25) is 9.36 Å². The molecule has 1 aromatic heterocycles. The van der Waals surface area contributed by atoms with Crippen LogP contribution in [-0.2, 0) is 9.53 Å². The third-order valence-corrected chi connectivity index (χ3v) is 6.89. The number of carbonyl (C=O) groups is 1. The van der Waals surface area contributed by atoms with Crippen molar-refractivity contribution >= 4 is 29.1 Å². The van der Waals surface area contributed by atoms with Crippen LogP contribution < -0.4 is 19.6 Å². The zero-order valence-electron chi connectivity index (χ0n) is 19.9. The van der Waals surface area contributed by atoms with E-state index in [0.717, 1.165) is 22.4 Å². The molecule has 2 heterocycles. The minimum atomic E-state index is -0.672. The van der Waals surface area contributed by atoms with Gasteiger partial charge in [0.2, 0.25) is 0 Å². The van der Waals surface area contributed by atoms with Gasteiger partial charge in [0.1, 0.15) is 5.75 Å². The Morgan fingerprint density at radius 1 is 1.00 bits per heavy atom. The van der Waals surface area contributed by atoms with Crippen molar-refractivity contribution in [1.82, 2.24) is 4.57 Å². The fourth-order valence-corrected chi connectivity index (χ4v) is 5.24. The molecule has 0 aliphatic carbocycles. The Hall–Kier alpha value is -4.23. The Labute approximate surface area is 212 Å². The van der Waals surface area contributed by atoms with Gasteiger partial charge in [0.25, 0.3) is 5.56 Å². The van der Waals surface area contributed by atoms with Crippen LogP contribution in [0.5, 0.6) is 5.75 Å². The van der Waals surface area contributed by atoms with Gasteiger partial charge in [-0.05, 0) is 36.3 Å². The maximum Gasteiger partial charge on any atom is 0.338 e. The number of benzene rings is 3. The van der Waals surface area contributed by atoms with Gasteiger partial charge in [-0.1, -0.05) is 84.1 Å². The third kappa shape index (κ3) is 4.41. The Balaban J connectivity index is 1.79. The molecule has 7 heteroatoms. The monoisotopic (exact) mass is 496 g/mol. The molecule has 0 fully saturated rings. The van der Waals surface area contributed by atoms with Gasteiger partial charge in [-0.15, -0.1) is 0 Å². The van der Waals surface area contributed by atoms with Crippen LogP contribution in [0.3, 0.4) is 0 Å². The SMILES string of the molecule is CCOC(=O)C1=C(c2ccccc2)N=c2s/c(=C\c3ccc(OC)cc3)c(=O)n2[C@H]1c1ccccc1. The van der Waals surface area contributed by atoms with Crippen LogP contribution in [0, 0.1) is 0 Å². The number of thiazole rings is 1. The molecule has 0 N–H and O–H groups in total. The summed E-state index contributed by atoms with van der Waals surface area (Å²) >= 11 is 1.30. The van der Waals surface area contributed by atoms with E-state index in [1.165, 1.54) is 11.3 Å². The smallest absolute Gasteiger partial charge is 0.338 e. The van der Waals surface area contributed by atoms with Crippen LogP contribution >= 0.6 is 11.3 Å². The molecule has 0 amide bonds. The van der Waals surface area contributed by atoms with Crippen LogP contribution in [-0.4, -0.2) is 24.3 Å². The number of hydrogen-bond acceptors (Lipinski definition) is 6. The van der Waals surface area contributed by atoms with E-state index >= 15 is 0 Å². The van der Waals surface area contributed by atoms with Crippen molar-refractivity contribution in [3.63, 3.8) is 0 Å². The number of aromatic nitrogens is 1. The molecular formula is C29H24N2O4S. The summed E-state index contributed by atoms with van der Waals surface area (Å²) in [5.74, 6) is 0.252. The molecule has 1 atom stereocenters. The molecule has 6 nitrogen and oxygen atoms in total. The summed E-state index contributed by atoms with van der Waals surface area (Å²) in [4.78, 5) is 32.5. The molecule has 4 aromatic rings. The highest BCUT2D eigenvalue weighted by Crippen LogP contribution is 2.35. The zero-order chi connectivity index (χ0) is 25.1. The molecule has 1 aliphatic rings. The number of fused-ring (bicyclic) bond motifs is 1. The van der Waals surface area contributed by atoms with E-state index in [-0.39, 0.29) is 12.2 Å². The van der Waals surface area contributed by atoms with E-state index in [9.17, 15) is 9.59 Å². The quantitative estimate of drug-likeness (QED) is 0.379. The largest absolute Gasteiger partial charge is 0.497 e. The summed E-state index contributed by atoms with van der Waals surface area (Å²) in [6.07, 6.45) is 1.83. The lowest BCUT2D eigenvalue weighted by molar-refractivity contribution is -0.138. The maximum atomic E-state index is 13.8. The van der Waals surface area contributed by atoms with Gasteiger partial charge < -0.3 is 9.47 Å². The number of esters is 1. The van der Waals surface area contributed by atoms with Crippen LogP contribution in [0.15, 0.2) is 100 Å². The van der Waals surface area contributed by atoms with Gasteiger partial charge in [0.15, 0.2) is 4.80 Å². The fourth-order valence-electron chi connectivity index (χ4n) is 4.24. The Morgan fingerprint density at radius 3 is 2.31 bits per heavy atom. The van der Waals surface area contributed by atoms with E-state index in [2.05, 4.69) is 0 Å². The Morgan fingerprint density at radius 2 is 1.67 bits per heavy atom. The Kier molecular flexibility index (Phi) is 6.64. The normalized spacial score (nSPS) is 15.3. The van der Waals surface area contributed by atoms with Crippen molar-refractivity contribution in [2.24, 2.45) is 4.99 Å². The average Bonchev–Trinajstić information content (AvgIpc) is 3.23. The summed E-state index contributed by atoms with van der Waals surface area (Å²) in [6, 6.07) is 25.9. The first-order valence-electron chi connectivity index (χ1n) is 11.6. The lowest BCUT2D eigenvalue weighted by Gasteiger charge is -2.25. The number of nitrogens with zero attached hydrogens (tertiary/aromatic N) is 2. The van der Waals surface area contributed by atoms with Gasteiger partial charge in [-0.2, -0.15) is 0 Å². The standard InChI is InChI=1S/C29H24N2O4S/c1-3-35-28(33)24-25(20-10-6-4-7-11-20)30-29-31(26(24)21-12-8-5-9-13-21)27(32)23(36-29)18-19-14-16-22(34-2)17-15-19/h4-18,26H,3H2,1-2H3/b23-18-/t26-/m0/s1. The van der Waals surface area contributed by atoms with Crippen molar-refractivity contribution in [2.45, 2.75) is 13.0 Å². The molecule has 0 saturated carbocycles. The lowest BCUT2D eigenvalue weighted by Crippen LogP contribution is -2.39. The molecular weight excluding hydrogens is 472 g/mol. The Bertz CT molecular complexity index is 1600. The topological polar surface area (TPSA) is 69.9 Å². The van der Waals surface area contributed by atoms with Crippen LogP contribution in [0.1, 0.15) is 29.7 Å². The highest BCUT2D eigenvalue weighted by Gasteiger charge is 2.35. The predicted molar refractivity (Wildman–Crippen MR) is 140 cm³/mol. The zero-order valence-corrected chi connectivity index (χ0v) is 20.7. The summed E-state index contributed by atoms with van der Waals surface area (Å²) < 4.78 is 12.8. The van der Waals surface area contributed by atoms with E-state index < -0.39 is 12.0 Å². The van der Waals surface area contributed by atoms with E-state index in [1.54, 1.807) is 18.6 Å². The molecule has 0 unspecified atom stereocenters. The molecule has 180 valence electrons. The summed E-state index contributed by atoms with van der Waals surface area (Å²) in [5.41, 5.74) is 3.11. The summed E-state index contributed by atoms with van der Waals surface area (Å²) in [6.45, 7) is 1.98. The van der Waals surface area contributed by atoms with E-state index in [1.807, 2.05) is 91.0 Å². The van der Waals surface area contributed by atoms with Crippen LogP contribution in [0.2, 0.25) is 0 Å². The summed E-state index contributed by atoms with van der Waals surface area (Å²) in [5, 5.41) is 0. The highest BCUT2D eigenvalue weighted by atomic mass is 32.1. The number of ether oxygens (including phenoxy) is 2. The average molecular weight is 497 g/mol. The molecule has 1 aliphatic heterocycles. The van der Waals surface area contributed by atoms with Crippen molar-refractivity contribution in [2.75, 3.05) is 13.7 Å². The van der Waals surface area contributed by atoms with Gasteiger partial charge in [0, 0.05) is 5.56 Å². The molecule has 0 radical (unpaired) electrons. The highest BCUT2D eigenvalue weighted by molar-refractivity contribution is 7.07. The first kappa shape index (κ1) is 23.5. The third-order valence-electron chi connectivity index (χ3n) is 5.90. The second-order valence-electron chi connectivity index (χ2n) is 8.12. The van der Waals surface area contributed by atoms with Crippen LogP contribution in [0.4, 0.5) is 0 Å². The minimum absolute atomic E-state index is 0.211. The van der Waals surface area contributed by atoms with Crippen molar-refractivity contribution in [1.29, 1.82) is 0 Å². The number of hydrogen-bond donors (Lipinski definition) is 0.